The normalized spacial score (nSPS) is 24.6. The molecular weight excluding hydrogens is 593 g/mol. The van der Waals surface area contributed by atoms with E-state index in [-0.39, 0.29) is 19.0 Å². The van der Waals surface area contributed by atoms with Crippen LogP contribution in [0.25, 0.3) is 0 Å². The fourth-order valence-electron chi connectivity index (χ4n) is 7.96. The lowest BCUT2D eigenvalue weighted by molar-refractivity contribution is -0.166. The van der Waals surface area contributed by atoms with Crippen LogP contribution in [-0.2, 0) is 35.1 Å². The van der Waals surface area contributed by atoms with Crippen molar-refractivity contribution < 1.29 is 33.5 Å². The van der Waals surface area contributed by atoms with Crippen molar-refractivity contribution in [3.05, 3.63) is 71.8 Å². The minimum Gasteiger partial charge on any atom is -0.512 e. The lowest BCUT2D eigenvalue weighted by Crippen LogP contribution is -2.59. The Morgan fingerprint density at radius 1 is 0.936 bits per heavy atom. The van der Waals surface area contributed by atoms with Gasteiger partial charge in [-0.05, 0) is 80.8 Å². The Kier molecular flexibility index (Phi) is 11.3. The summed E-state index contributed by atoms with van der Waals surface area (Å²) in [6, 6.07) is 18.8. The van der Waals surface area contributed by atoms with E-state index in [1.807, 2.05) is 74.5 Å². The van der Waals surface area contributed by atoms with Crippen LogP contribution in [0.15, 0.2) is 60.7 Å². The summed E-state index contributed by atoms with van der Waals surface area (Å²) in [6.45, 7) is 12.4. The molecule has 4 rings (SSSR count). The predicted molar refractivity (Wildman–Crippen MR) is 183 cm³/mol. The Labute approximate surface area is 281 Å². The van der Waals surface area contributed by atoms with Gasteiger partial charge in [0.2, 0.25) is 0 Å². The Hall–Kier alpha value is -3.17. The summed E-state index contributed by atoms with van der Waals surface area (Å²) in [5, 5.41) is 9.43. The predicted octanol–water partition coefficient (Wildman–Crippen LogP) is 6.39. The van der Waals surface area contributed by atoms with Crippen molar-refractivity contribution in [1.82, 2.24) is 0 Å². The highest BCUT2D eigenvalue weighted by molar-refractivity contribution is 6.20. The van der Waals surface area contributed by atoms with Gasteiger partial charge in [0, 0.05) is 5.54 Å². The molecule has 0 aromatic heterocycles. The third-order valence-electron chi connectivity index (χ3n) is 12.0. The molecule has 0 bridgehead atoms. The second kappa shape index (κ2) is 14.5. The average Bonchev–Trinajstić information content (AvgIpc) is 3.66. The highest BCUT2D eigenvalue weighted by atomic mass is 16.6. The largest absolute Gasteiger partial charge is 0.512 e. The number of carbonyl (C=O) groups is 3. The maximum Gasteiger partial charge on any atom is 0.506 e. The molecule has 0 saturated heterocycles. The smallest absolute Gasteiger partial charge is 0.506 e. The summed E-state index contributed by atoms with van der Waals surface area (Å²) in [6.07, 6.45) is 6.51. The number of esters is 2. The van der Waals surface area contributed by atoms with Crippen LogP contribution in [0.4, 0.5) is 0 Å². The number of rotatable bonds is 15. The van der Waals surface area contributed by atoms with Gasteiger partial charge in [-0.1, -0.05) is 101 Å². The van der Waals surface area contributed by atoms with Crippen LogP contribution in [-0.4, -0.2) is 42.8 Å². The molecule has 2 aromatic rings. The van der Waals surface area contributed by atoms with Gasteiger partial charge >= 0.3 is 19.6 Å². The van der Waals surface area contributed by atoms with Crippen LogP contribution in [0.1, 0.15) is 110 Å². The third-order valence-corrected chi connectivity index (χ3v) is 12.0. The maximum atomic E-state index is 14.4. The first-order valence-corrected chi connectivity index (χ1v) is 17.1. The SMILES string of the molecule is CC(C)(CC(C)(C(=O)OCC1CCCCC1)C(C)(N)CC(C(=O)OBO)c1ccccc1)C1(C)CC1(C)C(=O)OCc1ccccc1. The van der Waals surface area contributed by atoms with Gasteiger partial charge in [0.05, 0.1) is 23.4 Å². The van der Waals surface area contributed by atoms with Crippen LogP contribution in [0.5, 0.6) is 0 Å². The summed E-state index contributed by atoms with van der Waals surface area (Å²) >= 11 is 0. The lowest BCUT2D eigenvalue weighted by Gasteiger charge is -2.49. The number of benzene rings is 2. The molecule has 0 aliphatic heterocycles. The van der Waals surface area contributed by atoms with Gasteiger partial charge in [-0.3, -0.25) is 14.4 Å². The molecule has 2 aromatic carbocycles. The molecule has 0 amide bonds. The summed E-state index contributed by atoms with van der Waals surface area (Å²) in [5.41, 5.74) is 4.51. The minimum atomic E-state index is -1.25. The summed E-state index contributed by atoms with van der Waals surface area (Å²) in [5.74, 6) is -1.78. The molecule has 8 nitrogen and oxygen atoms in total. The van der Waals surface area contributed by atoms with Gasteiger partial charge in [0.1, 0.15) is 6.61 Å². The number of ether oxygens (including phenoxy) is 2. The fourth-order valence-corrected chi connectivity index (χ4v) is 7.96. The van der Waals surface area contributed by atoms with Crippen molar-refractivity contribution in [1.29, 1.82) is 0 Å². The number of carbonyl (C=O) groups excluding carboxylic acids is 3. The quantitative estimate of drug-likeness (QED) is 0.130. The van der Waals surface area contributed by atoms with Gasteiger partial charge < -0.3 is 24.9 Å². The van der Waals surface area contributed by atoms with E-state index < -0.39 is 52.7 Å². The number of hydrogen-bond acceptors (Lipinski definition) is 8. The van der Waals surface area contributed by atoms with Gasteiger partial charge in [0.25, 0.3) is 5.97 Å². The molecule has 47 heavy (non-hydrogen) atoms. The van der Waals surface area contributed by atoms with Gasteiger partial charge in [-0.15, -0.1) is 0 Å². The van der Waals surface area contributed by atoms with Crippen molar-refractivity contribution in [2.75, 3.05) is 6.61 Å². The van der Waals surface area contributed by atoms with Crippen LogP contribution < -0.4 is 5.73 Å². The Balaban J connectivity index is 1.62. The molecule has 0 spiro atoms. The monoisotopic (exact) mass is 647 g/mol. The Morgan fingerprint density at radius 3 is 2.13 bits per heavy atom. The Morgan fingerprint density at radius 2 is 1.53 bits per heavy atom. The van der Waals surface area contributed by atoms with Crippen molar-refractivity contribution in [3.8, 4) is 0 Å². The van der Waals surface area contributed by atoms with Crippen molar-refractivity contribution in [2.24, 2.45) is 33.3 Å². The molecule has 256 valence electrons. The minimum absolute atomic E-state index is 0.0774. The lowest BCUT2D eigenvalue weighted by atomic mass is 9.57. The molecular formula is C38H54BNO7. The second-order valence-corrected chi connectivity index (χ2v) is 15.6. The summed E-state index contributed by atoms with van der Waals surface area (Å²) in [7, 11) is -0.755. The molecule has 2 aliphatic rings. The van der Waals surface area contributed by atoms with Gasteiger partial charge in [-0.2, -0.15) is 0 Å². The standard InChI is InChI=1S/C38H54BNO7/c1-34(2,37(5)26-35(37,3)32(42)45-23-27-16-10-7-11-17-27)25-36(4,33(43)46-24-28-18-12-8-13-19-28)38(6,40)22-30(31(41)47-39-44)29-20-14-9-15-21-29/h7,9-11,14-17,20-21,28,30,39,44H,8,12-13,18-19,22-26,40H2,1-6H3. The molecule has 5 unspecified atom stereocenters. The van der Waals surface area contributed by atoms with E-state index >= 15 is 0 Å². The van der Waals surface area contributed by atoms with E-state index in [9.17, 15) is 19.4 Å². The topological polar surface area (TPSA) is 125 Å². The Bertz CT molecular complexity index is 1380. The van der Waals surface area contributed by atoms with Crippen molar-refractivity contribution in [2.45, 2.75) is 111 Å². The zero-order valence-electron chi connectivity index (χ0n) is 29.2. The first-order valence-electron chi connectivity index (χ1n) is 17.1. The summed E-state index contributed by atoms with van der Waals surface area (Å²) in [4.78, 5) is 41.2. The zero-order chi connectivity index (χ0) is 34.5. The summed E-state index contributed by atoms with van der Waals surface area (Å²) < 4.78 is 17.0. The molecule has 9 heteroatoms. The van der Waals surface area contributed by atoms with Crippen LogP contribution in [0, 0.1) is 27.6 Å². The van der Waals surface area contributed by atoms with Crippen LogP contribution >= 0.6 is 0 Å². The number of nitrogens with two attached hydrogens (primary N) is 1. The number of hydrogen-bond donors (Lipinski definition) is 2. The zero-order valence-corrected chi connectivity index (χ0v) is 29.2. The van der Waals surface area contributed by atoms with Gasteiger partial charge in [-0.25, -0.2) is 0 Å². The van der Waals surface area contributed by atoms with E-state index in [0.29, 0.717) is 30.9 Å². The van der Waals surface area contributed by atoms with Crippen LogP contribution in [0.3, 0.4) is 0 Å². The first-order chi connectivity index (χ1) is 22.1. The molecule has 3 N–H and O–H groups in total. The van der Waals surface area contributed by atoms with E-state index in [1.54, 1.807) is 6.92 Å². The molecule has 2 saturated carbocycles. The second-order valence-electron chi connectivity index (χ2n) is 15.6. The molecule has 5 atom stereocenters. The highest BCUT2D eigenvalue weighted by Crippen LogP contribution is 2.74. The van der Waals surface area contributed by atoms with E-state index in [2.05, 4.69) is 20.8 Å². The van der Waals surface area contributed by atoms with E-state index in [1.165, 1.54) is 6.42 Å². The van der Waals surface area contributed by atoms with E-state index in [0.717, 1.165) is 31.2 Å². The molecule has 0 heterocycles. The van der Waals surface area contributed by atoms with Crippen molar-refractivity contribution >= 4 is 25.6 Å². The molecule has 2 fully saturated rings. The highest BCUT2D eigenvalue weighted by Gasteiger charge is 2.73. The van der Waals surface area contributed by atoms with E-state index in [4.69, 9.17) is 19.9 Å². The fraction of sp³-hybridized carbons (Fsp3) is 0.605. The first kappa shape index (κ1) is 36.7. The van der Waals surface area contributed by atoms with Crippen LogP contribution in [0.2, 0.25) is 0 Å². The van der Waals surface area contributed by atoms with Crippen molar-refractivity contribution in [3.63, 3.8) is 0 Å². The average molecular weight is 648 g/mol. The third kappa shape index (κ3) is 7.78. The molecule has 0 radical (unpaired) electrons. The maximum absolute atomic E-state index is 14.4. The van der Waals surface area contributed by atoms with Gasteiger partial charge in [0.15, 0.2) is 0 Å². The molecule has 2 aliphatic carbocycles.